The molecular weight excluding hydrogens is 232 g/mol. The maximum Gasteiger partial charge on any atom is 0.240 e. The number of nitrogens with one attached hydrogen (secondary N) is 1. The molecule has 0 aromatic rings. The molecule has 98 valence electrons. The quantitative estimate of drug-likeness (QED) is 0.739. The molecule has 0 aromatic carbocycles. The second kappa shape index (κ2) is 4.37. The molecule has 0 aromatic heterocycles. The molecule has 3 aliphatic rings. The lowest BCUT2D eigenvalue weighted by atomic mass is 9.81. The first-order valence-electron chi connectivity index (χ1n) is 6.81. The summed E-state index contributed by atoms with van der Waals surface area (Å²) in [5.74, 6) is -0.760. The van der Waals surface area contributed by atoms with E-state index in [9.17, 15) is 14.4 Å². The number of fused-ring (bicyclic) bond motifs is 1. The van der Waals surface area contributed by atoms with Crippen LogP contribution in [0.1, 0.15) is 38.5 Å². The molecule has 2 atom stereocenters. The smallest absolute Gasteiger partial charge is 0.240 e. The van der Waals surface area contributed by atoms with Crippen molar-refractivity contribution in [1.82, 2.24) is 10.2 Å². The highest BCUT2D eigenvalue weighted by Crippen LogP contribution is 2.37. The number of nitrogens with zero attached hydrogens (tertiary/aromatic N) is 1. The summed E-state index contributed by atoms with van der Waals surface area (Å²) in [6, 6.07) is 0.271. The Labute approximate surface area is 106 Å². The van der Waals surface area contributed by atoms with Gasteiger partial charge in [-0.25, -0.2) is 0 Å². The van der Waals surface area contributed by atoms with Gasteiger partial charge in [-0.3, -0.25) is 19.3 Å². The number of carbonyl (C=O) groups is 3. The first-order valence-corrected chi connectivity index (χ1v) is 6.81. The molecule has 0 radical (unpaired) electrons. The van der Waals surface area contributed by atoms with E-state index in [1.54, 1.807) is 0 Å². The van der Waals surface area contributed by atoms with Crippen LogP contribution in [0.5, 0.6) is 0 Å². The molecule has 5 heteroatoms. The van der Waals surface area contributed by atoms with Gasteiger partial charge in [-0.05, 0) is 25.7 Å². The van der Waals surface area contributed by atoms with E-state index in [2.05, 4.69) is 5.32 Å². The van der Waals surface area contributed by atoms with Crippen LogP contribution in [0.2, 0.25) is 0 Å². The van der Waals surface area contributed by atoms with Crippen molar-refractivity contribution in [3.63, 3.8) is 0 Å². The van der Waals surface area contributed by atoms with Crippen LogP contribution < -0.4 is 5.32 Å². The van der Waals surface area contributed by atoms with Crippen molar-refractivity contribution < 1.29 is 14.4 Å². The normalized spacial score (nSPS) is 31.4. The van der Waals surface area contributed by atoms with Gasteiger partial charge in [0.25, 0.3) is 0 Å². The van der Waals surface area contributed by atoms with Crippen molar-refractivity contribution >= 4 is 17.7 Å². The molecule has 3 fully saturated rings. The average Bonchev–Trinajstić information content (AvgIpc) is 3.14. The topological polar surface area (TPSA) is 66.5 Å². The zero-order valence-electron chi connectivity index (χ0n) is 10.4. The lowest BCUT2D eigenvalue weighted by molar-refractivity contribution is -0.143. The summed E-state index contributed by atoms with van der Waals surface area (Å²) in [6.45, 7) is -0.0822. The molecular formula is C13H18N2O3. The lowest BCUT2D eigenvalue weighted by Crippen LogP contribution is -2.41. The molecule has 3 amide bonds. The Morgan fingerprint density at radius 3 is 2.11 bits per heavy atom. The molecule has 1 saturated heterocycles. The summed E-state index contributed by atoms with van der Waals surface area (Å²) in [7, 11) is 0. The molecule has 5 nitrogen and oxygen atoms in total. The molecule has 0 bridgehead atoms. The minimum absolute atomic E-state index is 0.0822. The summed E-state index contributed by atoms with van der Waals surface area (Å²) in [4.78, 5) is 37.1. The fourth-order valence-corrected chi connectivity index (χ4v) is 3.03. The van der Waals surface area contributed by atoms with Gasteiger partial charge in [0.05, 0.1) is 11.8 Å². The van der Waals surface area contributed by atoms with E-state index in [1.165, 1.54) is 4.90 Å². The Morgan fingerprint density at radius 2 is 1.61 bits per heavy atom. The average molecular weight is 250 g/mol. The van der Waals surface area contributed by atoms with Crippen LogP contribution in [0.15, 0.2) is 0 Å². The highest BCUT2D eigenvalue weighted by molar-refractivity contribution is 6.07. The number of imide groups is 1. The predicted molar refractivity (Wildman–Crippen MR) is 63.3 cm³/mol. The zero-order chi connectivity index (χ0) is 12.7. The number of amides is 3. The monoisotopic (exact) mass is 250 g/mol. The summed E-state index contributed by atoms with van der Waals surface area (Å²) < 4.78 is 0. The summed E-state index contributed by atoms with van der Waals surface area (Å²) >= 11 is 0. The summed E-state index contributed by atoms with van der Waals surface area (Å²) in [5.41, 5.74) is 0. The number of carbonyl (C=O) groups excluding carboxylic acids is 3. The largest absolute Gasteiger partial charge is 0.352 e. The van der Waals surface area contributed by atoms with E-state index in [0.717, 1.165) is 38.5 Å². The fraction of sp³-hybridized carbons (Fsp3) is 0.769. The Balaban J connectivity index is 1.65. The third kappa shape index (κ3) is 2.02. The standard InChI is InChI=1S/C13H18N2O3/c16-11(14-8-5-6-8)7-15-12(17)9-3-1-2-4-10(9)13(15)18/h8-10H,1-7H2,(H,14,16)/t9-,10+. The van der Waals surface area contributed by atoms with Crippen molar-refractivity contribution in [2.24, 2.45) is 11.8 Å². The number of hydrogen-bond acceptors (Lipinski definition) is 3. The Morgan fingerprint density at radius 1 is 1.06 bits per heavy atom. The lowest BCUT2D eigenvalue weighted by Gasteiger charge is -2.19. The Bertz CT molecular complexity index is 379. The van der Waals surface area contributed by atoms with Gasteiger partial charge in [0.1, 0.15) is 6.54 Å². The highest BCUT2D eigenvalue weighted by Gasteiger charge is 2.48. The third-order valence-corrected chi connectivity index (χ3v) is 4.18. The predicted octanol–water partition coefficient (Wildman–Crippen LogP) is 0.440. The number of hydrogen-bond donors (Lipinski definition) is 1. The first kappa shape index (κ1) is 11.7. The van der Waals surface area contributed by atoms with E-state index in [1.807, 2.05) is 0 Å². The van der Waals surface area contributed by atoms with Crippen molar-refractivity contribution in [2.75, 3.05) is 6.54 Å². The molecule has 2 saturated carbocycles. The van der Waals surface area contributed by atoms with E-state index in [4.69, 9.17) is 0 Å². The molecule has 1 heterocycles. The summed E-state index contributed by atoms with van der Waals surface area (Å²) in [6.07, 6.45) is 5.66. The molecule has 18 heavy (non-hydrogen) atoms. The maximum atomic E-state index is 12.1. The minimum Gasteiger partial charge on any atom is -0.352 e. The number of likely N-dealkylation sites (tertiary alicyclic amines) is 1. The van der Waals surface area contributed by atoms with Gasteiger partial charge in [0.15, 0.2) is 0 Å². The zero-order valence-corrected chi connectivity index (χ0v) is 10.4. The minimum atomic E-state index is -0.196. The van der Waals surface area contributed by atoms with Gasteiger partial charge in [-0.2, -0.15) is 0 Å². The van der Waals surface area contributed by atoms with E-state index in [0.29, 0.717) is 0 Å². The van der Waals surface area contributed by atoms with Gasteiger partial charge in [0, 0.05) is 6.04 Å². The van der Waals surface area contributed by atoms with Crippen LogP contribution in [-0.4, -0.2) is 35.2 Å². The highest BCUT2D eigenvalue weighted by atomic mass is 16.2. The SMILES string of the molecule is O=C(CN1C(=O)[C@H]2CCCC[C@H]2C1=O)NC1CC1. The van der Waals surface area contributed by atoms with Crippen LogP contribution in [0.3, 0.4) is 0 Å². The molecule has 3 rings (SSSR count). The Kier molecular flexibility index (Phi) is 2.84. The summed E-state index contributed by atoms with van der Waals surface area (Å²) in [5, 5.41) is 2.82. The van der Waals surface area contributed by atoms with Crippen LogP contribution in [0.25, 0.3) is 0 Å². The molecule has 1 aliphatic heterocycles. The van der Waals surface area contributed by atoms with Gasteiger partial charge < -0.3 is 5.32 Å². The molecule has 1 N–H and O–H groups in total. The third-order valence-electron chi connectivity index (χ3n) is 4.18. The van der Waals surface area contributed by atoms with Gasteiger partial charge >= 0.3 is 0 Å². The van der Waals surface area contributed by atoms with Gasteiger partial charge in [-0.15, -0.1) is 0 Å². The van der Waals surface area contributed by atoms with Gasteiger partial charge in [-0.1, -0.05) is 12.8 Å². The molecule has 0 unspecified atom stereocenters. The Hall–Kier alpha value is -1.39. The van der Waals surface area contributed by atoms with E-state index in [-0.39, 0.29) is 42.1 Å². The maximum absolute atomic E-state index is 12.1. The van der Waals surface area contributed by atoms with Crippen molar-refractivity contribution in [1.29, 1.82) is 0 Å². The van der Waals surface area contributed by atoms with Crippen molar-refractivity contribution in [3.05, 3.63) is 0 Å². The van der Waals surface area contributed by atoms with E-state index >= 15 is 0 Å². The molecule has 2 aliphatic carbocycles. The van der Waals surface area contributed by atoms with Crippen LogP contribution >= 0.6 is 0 Å². The van der Waals surface area contributed by atoms with Crippen molar-refractivity contribution in [3.8, 4) is 0 Å². The molecule has 0 spiro atoms. The van der Waals surface area contributed by atoms with Crippen LogP contribution in [0.4, 0.5) is 0 Å². The second-order valence-corrected chi connectivity index (χ2v) is 5.60. The van der Waals surface area contributed by atoms with Gasteiger partial charge in [0.2, 0.25) is 17.7 Å². The van der Waals surface area contributed by atoms with Crippen molar-refractivity contribution in [2.45, 2.75) is 44.6 Å². The second-order valence-electron chi connectivity index (χ2n) is 5.60. The van der Waals surface area contributed by atoms with E-state index < -0.39 is 0 Å². The van der Waals surface area contributed by atoms with Crippen LogP contribution in [-0.2, 0) is 14.4 Å². The van der Waals surface area contributed by atoms with Crippen LogP contribution in [0, 0.1) is 11.8 Å². The first-order chi connectivity index (χ1) is 8.66. The number of rotatable bonds is 3. The fourth-order valence-electron chi connectivity index (χ4n) is 3.03.